The van der Waals surface area contributed by atoms with E-state index >= 15 is 0 Å². The summed E-state index contributed by atoms with van der Waals surface area (Å²) >= 11 is 0. The van der Waals surface area contributed by atoms with E-state index in [1.807, 2.05) is 34.6 Å². The smallest absolute Gasteiger partial charge is 0.410 e. The molecular weight excluding hydrogens is 282 g/mol. The zero-order chi connectivity index (χ0) is 16.7. The molecule has 1 aromatic rings. The Hall–Kier alpha value is -2.04. The fourth-order valence-corrected chi connectivity index (χ4v) is 2.76. The Morgan fingerprint density at radius 3 is 2.45 bits per heavy atom. The number of amides is 1. The molecule has 0 bridgehead atoms. The summed E-state index contributed by atoms with van der Waals surface area (Å²) in [5.74, 6) is -0.937. The number of nitrogens with zero attached hydrogens (tertiary/aromatic N) is 1. The molecule has 2 rings (SSSR count). The van der Waals surface area contributed by atoms with Crippen LogP contribution < -0.4 is 0 Å². The van der Waals surface area contributed by atoms with Gasteiger partial charge in [0.15, 0.2) is 0 Å². The van der Waals surface area contributed by atoms with Gasteiger partial charge in [-0.2, -0.15) is 0 Å². The first-order valence-corrected chi connectivity index (χ1v) is 7.34. The Bertz CT molecular complexity index is 614. The number of fused-ring (bicyclic) bond motifs is 1. The third-order valence-corrected chi connectivity index (χ3v) is 3.68. The minimum atomic E-state index is -0.937. The molecule has 120 valence electrons. The number of carboxylic acids is 1. The molecule has 0 atom stereocenters. The fourth-order valence-electron chi connectivity index (χ4n) is 2.76. The number of carboxylic acid groups (broad SMARTS) is 1. The molecule has 0 spiro atoms. The highest BCUT2D eigenvalue weighted by Gasteiger charge is 2.36. The lowest BCUT2D eigenvalue weighted by Gasteiger charge is -2.40. The van der Waals surface area contributed by atoms with Gasteiger partial charge in [0.2, 0.25) is 0 Å². The molecule has 5 heteroatoms. The number of aromatic carboxylic acids is 1. The van der Waals surface area contributed by atoms with Crippen molar-refractivity contribution in [3.63, 3.8) is 0 Å². The van der Waals surface area contributed by atoms with Gasteiger partial charge in [-0.25, -0.2) is 9.59 Å². The first kappa shape index (κ1) is 16.3. The van der Waals surface area contributed by atoms with E-state index in [2.05, 4.69) is 0 Å². The number of carbonyl (C=O) groups is 2. The molecule has 0 unspecified atom stereocenters. The summed E-state index contributed by atoms with van der Waals surface area (Å²) in [6.45, 7) is 10.5. The molecule has 0 saturated heterocycles. The third kappa shape index (κ3) is 3.40. The highest BCUT2D eigenvalue weighted by atomic mass is 16.6. The van der Waals surface area contributed by atoms with Crippen molar-refractivity contribution in [1.29, 1.82) is 0 Å². The van der Waals surface area contributed by atoms with Crippen molar-refractivity contribution in [3.8, 4) is 0 Å². The van der Waals surface area contributed by atoms with Gasteiger partial charge in [0.05, 0.1) is 5.56 Å². The molecule has 0 saturated carbocycles. The minimum absolute atomic E-state index is 0.276. The van der Waals surface area contributed by atoms with Crippen LogP contribution in [0.3, 0.4) is 0 Å². The van der Waals surface area contributed by atoms with Crippen molar-refractivity contribution in [2.75, 3.05) is 6.54 Å². The lowest BCUT2D eigenvalue weighted by molar-refractivity contribution is 0.0173. The van der Waals surface area contributed by atoms with Crippen molar-refractivity contribution < 1.29 is 19.4 Å². The minimum Gasteiger partial charge on any atom is -0.478 e. The van der Waals surface area contributed by atoms with E-state index in [4.69, 9.17) is 9.84 Å². The Balaban J connectivity index is 2.31. The topological polar surface area (TPSA) is 66.8 Å². The average Bonchev–Trinajstić information content (AvgIpc) is 2.35. The Kier molecular flexibility index (Phi) is 3.94. The lowest BCUT2D eigenvalue weighted by atomic mass is 9.78. The Morgan fingerprint density at radius 1 is 1.27 bits per heavy atom. The molecule has 22 heavy (non-hydrogen) atoms. The summed E-state index contributed by atoms with van der Waals surface area (Å²) in [4.78, 5) is 25.1. The molecule has 0 radical (unpaired) electrons. The van der Waals surface area contributed by atoms with Crippen LogP contribution >= 0.6 is 0 Å². The molecule has 1 heterocycles. The largest absolute Gasteiger partial charge is 0.478 e. The van der Waals surface area contributed by atoms with E-state index in [9.17, 15) is 9.59 Å². The number of hydrogen-bond acceptors (Lipinski definition) is 3. The molecule has 1 aliphatic rings. The first-order chi connectivity index (χ1) is 9.99. The van der Waals surface area contributed by atoms with E-state index in [0.29, 0.717) is 13.1 Å². The lowest BCUT2D eigenvalue weighted by Crippen LogP contribution is -2.46. The van der Waals surface area contributed by atoms with Gasteiger partial charge in [-0.1, -0.05) is 19.9 Å². The van der Waals surface area contributed by atoms with Gasteiger partial charge >= 0.3 is 12.1 Å². The predicted molar refractivity (Wildman–Crippen MR) is 83.1 cm³/mol. The van der Waals surface area contributed by atoms with Crippen LogP contribution in [0, 0.1) is 0 Å². The highest BCUT2D eigenvalue weighted by molar-refractivity contribution is 5.88. The molecule has 1 amide bonds. The van der Waals surface area contributed by atoms with Crippen LogP contribution in [0.4, 0.5) is 4.79 Å². The normalized spacial score (nSPS) is 16.9. The number of benzene rings is 1. The Morgan fingerprint density at radius 2 is 1.91 bits per heavy atom. The van der Waals surface area contributed by atoms with E-state index in [1.54, 1.807) is 23.1 Å². The summed E-state index contributed by atoms with van der Waals surface area (Å²) in [5, 5.41) is 9.14. The van der Waals surface area contributed by atoms with E-state index in [0.717, 1.165) is 11.1 Å². The van der Waals surface area contributed by atoms with E-state index in [1.165, 1.54) is 0 Å². The number of carbonyl (C=O) groups excluding carboxylic acids is 1. The summed E-state index contributed by atoms with van der Waals surface area (Å²) in [6, 6.07) is 5.08. The quantitative estimate of drug-likeness (QED) is 0.863. The molecular formula is C17H23NO4. The summed E-state index contributed by atoms with van der Waals surface area (Å²) < 4.78 is 5.44. The van der Waals surface area contributed by atoms with Crippen LogP contribution in [-0.4, -0.2) is 34.2 Å². The number of rotatable bonds is 1. The second kappa shape index (κ2) is 5.30. The van der Waals surface area contributed by atoms with Gasteiger partial charge in [-0.3, -0.25) is 0 Å². The predicted octanol–water partition coefficient (Wildman–Crippen LogP) is 3.41. The maximum Gasteiger partial charge on any atom is 0.410 e. The van der Waals surface area contributed by atoms with Gasteiger partial charge in [-0.15, -0.1) is 0 Å². The van der Waals surface area contributed by atoms with Crippen LogP contribution in [0.15, 0.2) is 18.2 Å². The maximum atomic E-state index is 12.3. The number of hydrogen-bond donors (Lipinski definition) is 1. The molecule has 0 aromatic heterocycles. The maximum absolute atomic E-state index is 12.3. The van der Waals surface area contributed by atoms with E-state index < -0.39 is 11.6 Å². The zero-order valence-corrected chi connectivity index (χ0v) is 13.8. The van der Waals surface area contributed by atoms with E-state index in [-0.39, 0.29) is 17.1 Å². The van der Waals surface area contributed by atoms with Crippen molar-refractivity contribution in [1.82, 2.24) is 4.90 Å². The third-order valence-electron chi connectivity index (χ3n) is 3.68. The summed E-state index contributed by atoms with van der Waals surface area (Å²) in [6.07, 6.45) is -0.339. The van der Waals surface area contributed by atoms with Gasteiger partial charge in [-0.05, 0) is 44.0 Å². The highest BCUT2D eigenvalue weighted by Crippen LogP contribution is 2.34. The van der Waals surface area contributed by atoms with Crippen LogP contribution in [0.2, 0.25) is 0 Å². The summed E-state index contributed by atoms with van der Waals surface area (Å²) in [5.41, 5.74) is 1.36. The summed E-state index contributed by atoms with van der Waals surface area (Å²) in [7, 11) is 0. The van der Waals surface area contributed by atoms with Crippen LogP contribution in [-0.2, 0) is 16.7 Å². The first-order valence-electron chi connectivity index (χ1n) is 7.34. The second-order valence-corrected chi connectivity index (χ2v) is 7.40. The Labute approximate surface area is 130 Å². The molecule has 0 aliphatic carbocycles. The van der Waals surface area contributed by atoms with Gasteiger partial charge in [0.25, 0.3) is 0 Å². The average molecular weight is 305 g/mol. The van der Waals surface area contributed by atoms with Gasteiger partial charge in [0, 0.05) is 18.5 Å². The second-order valence-electron chi connectivity index (χ2n) is 7.40. The van der Waals surface area contributed by atoms with Crippen molar-refractivity contribution in [3.05, 3.63) is 34.9 Å². The van der Waals surface area contributed by atoms with Gasteiger partial charge < -0.3 is 14.7 Å². The number of ether oxygens (including phenoxy) is 1. The fraction of sp³-hybridized carbons (Fsp3) is 0.529. The monoisotopic (exact) mass is 305 g/mol. The SMILES string of the molecule is CC(C)(C)OC(=O)N1Cc2ccc(C(=O)O)cc2C(C)(C)C1. The van der Waals surface area contributed by atoms with Crippen molar-refractivity contribution >= 4 is 12.1 Å². The van der Waals surface area contributed by atoms with Crippen LogP contribution in [0.5, 0.6) is 0 Å². The van der Waals surface area contributed by atoms with Crippen molar-refractivity contribution in [2.24, 2.45) is 0 Å². The standard InChI is InChI=1S/C17H23NO4/c1-16(2,3)22-15(21)18-9-12-7-6-11(14(19)20)8-13(12)17(4,5)10-18/h6-8H,9-10H2,1-5H3,(H,19,20). The molecule has 1 aromatic carbocycles. The van der Waals surface area contributed by atoms with Crippen LogP contribution in [0.1, 0.15) is 56.1 Å². The molecule has 5 nitrogen and oxygen atoms in total. The van der Waals surface area contributed by atoms with Crippen molar-refractivity contribution in [2.45, 2.75) is 52.2 Å². The zero-order valence-electron chi connectivity index (χ0n) is 13.8. The molecule has 0 fully saturated rings. The molecule has 1 N–H and O–H groups in total. The van der Waals surface area contributed by atoms with Gasteiger partial charge in [0.1, 0.15) is 5.60 Å². The molecule has 1 aliphatic heterocycles. The van der Waals surface area contributed by atoms with Crippen LogP contribution in [0.25, 0.3) is 0 Å².